The first-order valence-electron chi connectivity index (χ1n) is 7.96. The number of nitro benzene ring substituents is 1. The molecular weight excluding hydrogens is 409 g/mol. The van der Waals surface area contributed by atoms with Crippen molar-refractivity contribution in [3.05, 3.63) is 80.2 Å². The van der Waals surface area contributed by atoms with Crippen LogP contribution in [0.4, 0.5) is 18.9 Å². The van der Waals surface area contributed by atoms with Crippen molar-refractivity contribution < 1.29 is 22.9 Å². The Hall–Kier alpha value is -3.47. The van der Waals surface area contributed by atoms with Gasteiger partial charge in [-0.15, -0.1) is 5.10 Å². The van der Waals surface area contributed by atoms with E-state index in [1.54, 1.807) is 6.07 Å². The van der Waals surface area contributed by atoms with Gasteiger partial charge < -0.3 is 0 Å². The molecule has 11 heteroatoms. The van der Waals surface area contributed by atoms with Crippen molar-refractivity contribution in [1.29, 1.82) is 0 Å². The van der Waals surface area contributed by atoms with Crippen LogP contribution < -0.4 is 5.32 Å². The van der Waals surface area contributed by atoms with E-state index < -0.39 is 22.6 Å². The molecule has 0 spiro atoms. The number of benzene rings is 2. The molecule has 7 nitrogen and oxygen atoms in total. The van der Waals surface area contributed by atoms with Crippen LogP contribution in [0, 0.1) is 10.1 Å². The Kier molecular flexibility index (Phi) is 5.78. The van der Waals surface area contributed by atoms with Crippen LogP contribution in [-0.2, 0) is 11.0 Å². The number of nitrogens with one attached hydrogen (secondary N) is 1. The first-order valence-corrected chi connectivity index (χ1v) is 8.78. The number of alkyl halides is 3. The normalized spacial score (nSPS) is 17.3. The maximum atomic E-state index is 12.8. The lowest BCUT2D eigenvalue weighted by Crippen LogP contribution is -2.19. The van der Waals surface area contributed by atoms with Gasteiger partial charge in [0.05, 0.1) is 21.6 Å². The summed E-state index contributed by atoms with van der Waals surface area (Å²) in [5.74, 6) is -0.517. The number of amides is 1. The van der Waals surface area contributed by atoms with Gasteiger partial charge in [-0.2, -0.15) is 18.3 Å². The van der Waals surface area contributed by atoms with Crippen LogP contribution in [0.25, 0.3) is 6.08 Å². The highest BCUT2D eigenvalue weighted by Gasteiger charge is 2.30. The van der Waals surface area contributed by atoms with E-state index in [1.165, 1.54) is 42.6 Å². The summed E-state index contributed by atoms with van der Waals surface area (Å²) in [5.41, 5.74) is -0.251. The molecule has 3 rings (SSSR count). The molecule has 2 aromatic carbocycles. The predicted molar refractivity (Wildman–Crippen MR) is 103 cm³/mol. The largest absolute Gasteiger partial charge is 0.416 e. The minimum Gasteiger partial charge on any atom is -0.299 e. The summed E-state index contributed by atoms with van der Waals surface area (Å²) >= 11 is 0.917. The molecule has 148 valence electrons. The topological polar surface area (TPSA) is 97.0 Å². The quantitative estimate of drug-likeness (QED) is 0.347. The van der Waals surface area contributed by atoms with Crippen LogP contribution in [0.3, 0.4) is 0 Å². The van der Waals surface area contributed by atoms with Crippen molar-refractivity contribution in [2.45, 2.75) is 6.18 Å². The standard InChI is InChI=1S/C18H11F3N4O3S/c19-18(20,21)13-5-1-3-11(7-13)9-15-16(26)23-17(29-15)24-22-10-12-4-2-6-14(8-12)25(27)28/h1-10H,(H,23,24,26). The van der Waals surface area contributed by atoms with Gasteiger partial charge in [-0.3, -0.25) is 20.2 Å². The van der Waals surface area contributed by atoms with Gasteiger partial charge in [-0.05, 0) is 35.5 Å². The van der Waals surface area contributed by atoms with Crippen LogP contribution in [0.1, 0.15) is 16.7 Å². The lowest BCUT2D eigenvalue weighted by atomic mass is 10.1. The van der Waals surface area contributed by atoms with Gasteiger partial charge in [0.2, 0.25) is 0 Å². The highest BCUT2D eigenvalue weighted by Crippen LogP contribution is 2.31. The zero-order valence-electron chi connectivity index (χ0n) is 14.4. The van der Waals surface area contributed by atoms with Crippen molar-refractivity contribution in [2.24, 2.45) is 10.2 Å². The Morgan fingerprint density at radius 2 is 1.83 bits per heavy atom. The van der Waals surface area contributed by atoms with Crippen molar-refractivity contribution in [3.8, 4) is 0 Å². The first-order chi connectivity index (χ1) is 13.7. The lowest BCUT2D eigenvalue weighted by Gasteiger charge is -2.06. The molecule has 0 aliphatic carbocycles. The van der Waals surface area contributed by atoms with Gasteiger partial charge in [0, 0.05) is 17.7 Å². The Morgan fingerprint density at radius 3 is 2.55 bits per heavy atom. The number of nitro groups is 1. The molecule has 1 N–H and O–H groups in total. The van der Waals surface area contributed by atoms with Crippen LogP contribution in [0.15, 0.2) is 63.6 Å². The van der Waals surface area contributed by atoms with Crippen LogP contribution >= 0.6 is 11.8 Å². The molecular formula is C18H11F3N4O3S. The van der Waals surface area contributed by atoms with Crippen LogP contribution in [-0.4, -0.2) is 22.2 Å². The molecule has 2 aromatic rings. The van der Waals surface area contributed by atoms with Crippen LogP contribution in [0.2, 0.25) is 0 Å². The third kappa shape index (κ3) is 5.29. The summed E-state index contributed by atoms with van der Waals surface area (Å²) in [6.45, 7) is 0. The smallest absolute Gasteiger partial charge is 0.299 e. The molecule has 0 radical (unpaired) electrons. The summed E-state index contributed by atoms with van der Waals surface area (Å²) in [4.78, 5) is 22.4. The average molecular weight is 420 g/mol. The van der Waals surface area contributed by atoms with Gasteiger partial charge in [-0.25, -0.2) is 0 Å². The predicted octanol–water partition coefficient (Wildman–Crippen LogP) is 4.21. The fraction of sp³-hybridized carbons (Fsp3) is 0.0556. The number of non-ortho nitro benzene ring substituents is 1. The van der Waals surface area contributed by atoms with E-state index in [9.17, 15) is 28.1 Å². The van der Waals surface area contributed by atoms with Crippen LogP contribution in [0.5, 0.6) is 0 Å². The van der Waals surface area contributed by atoms with Crippen molar-refractivity contribution >= 4 is 40.8 Å². The van der Waals surface area contributed by atoms with E-state index in [4.69, 9.17) is 0 Å². The molecule has 0 bridgehead atoms. The molecule has 0 unspecified atom stereocenters. The minimum atomic E-state index is -4.48. The second kappa shape index (κ2) is 8.27. The summed E-state index contributed by atoms with van der Waals surface area (Å²) in [6.07, 6.45) is -1.88. The number of carbonyl (C=O) groups excluding carboxylic acids is 1. The third-order valence-corrected chi connectivity index (χ3v) is 4.50. The monoisotopic (exact) mass is 420 g/mol. The maximum absolute atomic E-state index is 12.8. The molecule has 1 aliphatic heterocycles. The number of nitrogens with zero attached hydrogens (tertiary/aromatic N) is 3. The molecule has 1 fully saturated rings. The van der Waals surface area contributed by atoms with Gasteiger partial charge in [0.15, 0.2) is 5.17 Å². The Morgan fingerprint density at radius 1 is 1.10 bits per heavy atom. The number of amidine groups is 1. The van der Waals surface area contributed by atoms with Gasteiger partial charge in [0.25, 0.3) is 11.6 Å². The highest BCUT2D eigenvalue weighted by molar-refractivity contribution is 8.18. The van der Waals surface area contributed by atoms with E-state index in [0.29, 0.717) is 5.56 Å². The van der Waals surface area contributed by atoms with Crippen molar-refractivity contribution in [3.63, 3.8) is 0 Å². The summed E-state index contributed by atoms with van der Waals surface area (Å²) in [5, 5.41) is 20.9. The molecule has 1 saturated heterocycles. The van der Waals surface area contributed by atoms with Gasteiger partial charge in [-0.1, -0.05) is 24.3 Å². The third-order valence-electron chi connectivity index (χ3n) is 3.60. The lowest BCUT2D eigenvalue weighted by molar-refractivity contribution is -0.384. The van der Waals surface area contributed by atoms with Crippen molar-refractivity contribution in [2.75, 3.05) is 0 Å². The van der Waals surface area contributed by atoms with E-state index >= 15 is 0 Å². The second-order valence-electron chi connectivity index (χ2n) is 5.69. The van der Waals surface area contributed by atoms with E-state index in [1.807, 2.05) is 0 Å². The molecule has 29 heavy (non-hydrogen) atoms. The summed E-state index contributed by atoms with van der Waals surface area (Å²) in [7, 11) is 0. The summed E-state index contributed by atoms with van der Waals surface area (Å²) in [6, 6.07) is 10.3. The first kappa shape index (κ1) is 20.3. The SMILES string of the molecule is O=C1NC(=NN=Cc2cccc([N+](=O)[O-])c2)SC1=Cc1cccc(C(F)(F)F)c1. The minimum absolute atomic E-state index is 0.101. The summed E-state index contributed by atoms with van der Waals surface area (Å²) < 4.78 is 38.4. The zero-order valence-corrected chi connectivity index (χ0v) is 15.2. The van der Waals surface area contributed by atoms with Crippen molar-refractivity contribution in [1.82, 2.24) is 5.32 Å². The molecule has 0 atom stereocenters. The van der Waals surface area contributed by atoms with E-state index in [2.05, 4.69) is 15.5 Å². The number of thioether (sulfide) groups is 1. The Labute approximate surface area is 166 Å². The number of hydrogen-bond donors (Lipinski definition) is 1. The zero-order chi connectivity index (χ0) is 21.0. The Balaban J connectivity index is 1.74. The molecule has 1 aliphatic rings. The average Bonchev–Trinajstić information content (AvgIpc) is 3.01. The fourth-order valence-corrected chi connectivity index (χ4v) is 3.08. The van der Waals surface area contributed by atoms with Gasteiger partial charge >= 0.3 is 6.18 Å². The van der Waals surface area contributed by atoms with E-state index in [-0.39, 0.29) is 21.3 Å². The second-order valence-corrected chi connectivity index (χ2v) is 6.72. The molecule has 1 amide bonds. The number of hydrogen-bond acceptors (Lipinski definition) is 6. The molecule has 0 aromatic heterocycles. The van der Waals surface area contributed by atoms with E-state index in [0.717, 1.165) is 23.9 Å². The number of carbonyl (C=O) groups is 1. The maximum Gasteiger partial charge on any atom is 0.416 e. The highest BCUT2D eigenvalue weighted by atomic mass is 32.2. The number of halogens is 3. The fourth-order valence-electron chi connectivity index (χ4n) is 2.30. The molecule has 0 saturated carbocycles. The molecule has 1 heterocycles. The van der Waals surface area contributed by atoms with Gasteiger partial charge in [0.1, 0.15) is 0 Å². The number of rotatable bonds is 4. The Bertz CT molecular complexity index is 1060.